The van der Waals surface area contributed by atoms with Crippen LogP contribution in [0.15, 0.2) is 46.9 Å². The molecule has 3 aromatic rings. The first-order valence-electron chi connectivity index (χ1n) is 9.99. The van der Waals surface area contributed by atoms with Crippen LogP contribution < -0.4 is 10.1 Å². The molecule has 1 aliphatic heterocycles. The lowest BCUT2D eigenvalue weighted by Crippen LogP contribution is -2.43. The van der Waals surface area contributed by atoms with Gasteiger partial charge in [-0.1, -0.05) is 12.1 Å². The Morgan fingerprint density at radius 3 is 2.63 bits per heavy atom. The van der Waals surface area contributed by atoms with Gasteiger partial charge < -0.3 is 19.2 Å². The molecule has 0 radical (unpaired) electrons. The van der Waals surface area contributed by atoms with E-state index in [1.54, 1.807) is 20.1 Å². The monoisotopic (exact) mass is 412 g/mol. The number of furan rings is 1. The van der Waals surface area contributed by atoms with Crippen molar-refractivity contribution in [3.05, 3.63) is 65.2 Å². The minimum atomic E-state index is -0.356. The highest BCUT2D eigenvalue weighted by Gasteiger charge is 2.25. The minimum Gasteiger partial charge on any atom is -0.497 e. The number of nitrogens with zero attached hydrogens (tertiary/aromatic N) is 1. The van der Waals surface area contributed by atoms with Crippen molar-refractivity contribution in [2.24, 2.45) is 0 Å². The van der Waals surface area contributed by atoms with Crippen LogP contribution in [0.5, 0.6) is 5.75 Å². The van der Waals surface area contributed by atoms with Gasteiger partial charge >= 0.3 is 0 Å². The largest absolute Gasteiger partial charge is 0.497 e. The molecule has 0 saturated carbocycles. The number of benzene rings is 2. The highest BCUT2D eigenvalue weighted by atomic mass is 19.1. The Kier molecular flexibility index (Phi) is 6.01. The van der Waals surface area contributed by atoms with Crippen LogP contribution >= 0.6 is 0 Å². The molecule has 2 aromatic carbocycles. The molecule has 1 atom stereocenters. The summed E-state index contributed by atoms with van der Waals surface area (Å²) < 4.78 is 30.0. The first-order chi connectivity index (χ1) is 14.6. The fourth-order valence-electron chi connectivity index (χ4n) is 3.85. The van der Waals surface area contributed by atoms with E-state index in [4.69, 9.17) is 13.9 Å². The molecule has 1 aromatic heterocycles. The molecule has 30 heavy (non-hydrogen) atoms. The summed E-state index contributed by atoms with van der Waals surface area (Å²) in [6, 6.07) is 12.1. The fraction of sp³-hybridized carbons (Fsp3) is 0.348. The van der Waals surface area contributed by atoms with E-state index >= 15 is 0 Å². The highest BCUT2D eigenvalue weighted by molar-refractivity contribution is 5.98. The topological polar surface area (TPSA) is 63.9 Å². The Morgan fingerprint density at radius 2 is 1.93 bits per heavy atom. The molecular formula is C23H25FN2O4. The van der Waals surface area contributed by atoms with E-state index in [-0.39, 0.29) is 23.5 Å². The van der Waals surface area contributed by atoms with E-state index in [1.807, 2.05) is 24.3 Å². The molecule has 7 heteroatoms. The molecule has 1 saturated heterocycles. The van der Waals surface area contributed by atoms with Gasteiger partial charge in [-0.25, -0.2) is 4.39 Å². The summed E-state index contributed by atoms with van der Waals surface area (Å²) in [4.78, 5) is 15.2. The second kappa shape index (κ2) is 8.85. The SMILES string of the molecule is COc1ccc(C(CNC(=O)c2oc3ccc(F)cc3c2C)N2CCOCC2)cc1. The molecule has 4 rings (SSSR count). The molecule has 1 N–H and O–H groups in total. The number of carbonyl (C=O) groups is 1. The molecule has 1 amide bonds. The van der Waals surface area contributed by atoms with Crippen LogP contribution in [-0.4, -0.2) is 50.8 Å². The van der Waals surface area contributed by atoms with E-state index in [0.717, 1.165) is 24.4 Å². The zero-order valence-corrected chi connectivity index (χ0v) is 17.1. The lowest BCUT2D eigenvalue weighted by Gasteiger charge is -2.35. The first kappa shape index (κ1) is 20.4. The lowest BCUT2D eigenvalue weighted by atomic mass is 10.0. The van der Waals surface area contributed by atoms with Crippen molar-refractivity contribution in [3.63, 3.8) is 0 Å². The Hall–Kier alpha value is -2.90. The van der Waals surface area contributed by atoms with Gasteiger partial charge in [0.2, 0.25) is 0 Å². The van der Waals surface area contributed by atoms with E-state index in [1.165, 1.54) is 12.1 Å². The maximum Gasteiger partial charge on any atom is 0.287 e. The van der Waals surface area contributed by atoms with Crippen molar-refractivity contribution in [2.75, 3.05) is 40.0 Å². The molecule has 1 fully saturated rings. The third-order valence-electron chi connectivity index (χ3n) is 5.55. The van der Waals surface area contributed by atoms with E-state index in [9.17, 15) is 9.18 Å². The summed E-state index contributed by atoms with van der Waals surface area (Å²) in [6.07, 6.45) is 0. The van der Waals surface area contributed by atoms with Crippen molar-refractivity contribution in [3.8, 4) is 5.75 Å². The van der Waals surface area contributed by atoms with Crippen LogP contribution in [0.4, 0.5) is 4.39 Å². The number of methoxy groups -OCH3 is 1. The zero-order chi connectivity index (χ0) is 21.1. The number of halogens is 1. The molecule has 1 unspecified atom stereocenters. The maximum absolute atomic E-state index is 13.6. The van der Waals surface area contributed by atoms with E-state index < -0.39 is 0 Å². The van der Waals surface area contributed by atoms with Gasteiger partial charge in [0.1, 0.15) is 17.1 Å². The smallest absolute Gasteiger partial charge is 0.287 e. The second-order valence-electron chi connectivity index (χ2n) is 7.34. The molecule has 158 valence electrons. The Balaban J connectivity index is 1.54. The average Bonchev–Trinajstić information content (AvgIpc) is 3.11. The van der Waals surface area contributed by atoms with Crippen LogP contribution in [0.25, 0.3) is 11.0 Å². The first-order valence-corrected chi connectivity index (χ1v) is 9.99. The second-order valence-corrected chi connectivity index (χ2v) is 7.34. The zero-order valence-electron chi connectivity index (χ0n) is 17.1. The number of fused-ring (bicyclic) bond motifs is 1. The fourth-order valence-corrected chi connectivity index (χ4v) is 3.85. The average molecular weight is 412 g/mol. The Bertz CT molecular complexity index is 1030. The van der Waals surface area contributed by atoms with Crippen LogP contribution in [0.2, 0.25) is 0 Å². The summed E-state index contributed by atoms with van der Waals surface area (Å²) in [7, 11) is 1.64. The molecule has 0 bridgehead atoms. The normalized spacial score (nSPS) is 15.8. The van der Waals surface area contributed by atoms with Gasteiger partial charge in [0.15, 0.2) is 5.76 Å². The summed E-state index contributed by atoms with van der Waals surface area (Å²) >= 11 is 0. The maximum atomic E-state index is 13.6. The van der Waals surface area contributed by atoms with Gasteiger partial charge in [-0.2, -0.15) is 0 Å². The van der Waals surface area contributed by atoms with Gasteiger partial charge in [0, 0.05) is 30.6 Å². The van der Waals surface area contributed by atoms with E-state index in [2.05, 4.69) is 10.2 Å². The van der Waals surface area contributed by atoms with Gasteiger partial charge in [0.05, 0.1) is 26.4 Å². The van der Waals surface area contributed by atoms with Crippen LogP contribution in [0.3, 0.4) is 0 Å². The van der Waals surface area contributed by atoms with Crippen molar-refractivity contribution < 1.29 is 23.1 Å². The summed E-state index contributed by atoms with van der Waals surface area (Å²) in [5.41, 5.74) is 2.22. The van der Waals surface area contributed by atoms with Gasteiger partial charge in [0.25, 0.3) is 5.91 Å². The molecule has 0 aliphatic carbocycles. The summed E-state index contributed by atoms with van der Waals surface area (Å²) in [5, 5.41) is 3.61. The Morgan fingerprint density at radius 1 is 1.20 bits per heavy atom. The van der Waals surface area contributed by atoms with Crippen molar-refractivity contribution >= 4 is 16.9 Å². The van der Waals surface area contributed by atoms with Crippen molar-refractivity contribution in [2.45, 2.75) is 13.0 Å². The number of hydrogen-bond acceptors (Lipinski definition) is 5. The molecule has 2 heterocycles. The number of amides is 1. The number of nitrogens with one attached hydrogen (secondary N) is 1. The van der Waals surface area contributed by atoms with Crippen LogP contribution in [0.1, 0.15) is 27.7 Å². The van der Waals surface area contributed by atoms with Crippen LogP contribution in [-0.2, 0) is 4.74 Å². The minimum absolute atomic E-state index is 0.00844. The van der Waals surface area contributed by atoms with E-state index in [0.29, 0.717) is 36.3 Å². The highest BCUT2D eigenvalue weighted by Crippen LogP contribution is 2.27. The van der Waals surface area contributed by atoms with Crippen molar-refractivity contribution in [1.82, 2.24) is 10.2 Å². The van der Waals surface area contributed by atoms with Gasteiger partial charge in [-0.05, 0) is 42.8 Å². The predicted octanol–water partition coefficient (Wildman–Crippen LogP) is 3.69. The number of morpholine rings is 1. The quantitative estimate of drug-likeness (QED) is 0.669. The lowest BCUT2D eigenvalue weighted by molar-refractivity contribution is 0.0161. The molecule has 1 aliphatic rings. The van der Waals surface area contributed by atoms with Crippen LogP contribution in [0, 0.1) is 12.7 Å². The number of carbonyl (C=O) groups excluding carboxylic acids is 1. The summed E-state index contributed by atoms with van der Waals surface area (Å²) in [5.74, 6) is 0.334. The standard InChI is InChI=1S/C23H25FN2O4/c1-15-19-13-17(24)5-8-21(19)30-22(15)23(27)25-14-20(26-9-11-29-12-10-26)16-3-6-18(28-2)7-4-16/h3-8,13,20H,9-12,14H2,1-2H3,(H,25,27). The third kappa shape index (κ3) is 4.17. The molecule has 0 spiro atoms. The summed E-state index contributed by atoms with van der Waals surface area (Å²) in [6.45, 7) is 5.08. The number of ether oxygens (including phenoxy) is 2. The molecular weight excluding hydrogens is 387 g/mol. The Labute approximate surface area is 174 Å². The predicted molar refractivity (Wildman–Crippen MR) is 111 cm³/mol. The number of hydrogen-bond donors (Lipinski definition) is 1. The van der Waals surface area contributed by atoms with Gasteiger partial charge in [-0.3, -0.25) is 9.69 Å². The molecule has 6 nitrogen and oxygen atoms in total. The van der Waals surface area contributed by atoms with Gasteiger partial charge in [-0.15, -0.1) is 0 Å². The third-order valence-corrected chi connectivity index (χ3v) is 5.55. The number of rotatable bonds is 6. The number of aryl methyl sites for hydroxylation is 1. The van der Waals surface area contributed by atoms with Crippen molar-refractivity contribution in [1.29, 1.82) is 0 Å².